The van der Waals surface area contributed by atoms with Crippen LogP contribution in [0, 0.1) is 5.82 Å². The van der Waals surface area contributed by atoms with Crippen LogP contribution in [0.2, 0.25) is 0 Å². The highest BCUT2D eigenvalue weighted by Gasteiger charge is 2.52. The van der Waals surface area contributed by atoms with Crippen molar-refractivity contribution in [2.24, 2.45) is 0 Å². The zero-order valence-electron chi connectivity index (χ0n) is 16.2. The standard InChI is InChI=1S/C19H26BFN2O3/c1-13(2)23-10-9-15(22-23)12-24-17-8-7-14(21)11-16(17)20-25-18(3,4)19(5,6)26-20/h7-11,13H,12H2,1-6H3. The first-order valence-corrected chi connectivity index (χ1v) is 8.91. The zero-order chi connectivity index (χ0) is 19.1. The van der Waals surface area contributed by atoms with E-state index in [1.165, 1.54) is 12.1 Å². The monoisotopic (exact) mass is 360 g/mol. The Morgan fingerprint density at radius 1 is 1.15 bits per heavy atom. The number of hydrogen-bond acceptors (Lipinski definition) is 4. The number of nitrogens with zero attached hydrogens (tertiary/aromatic N) is 2. The van der Waals surface area contributed by atoms with Crippen LogP contribution in [0.3, 0.4) is 0 Å². The first kappa shape index (κ1) is 18.9. The van der Waals surface area contributed by atoms with Crippen molar-refractivity contribution in [3.8, 4) is 5.75 Å². The Morgan fingerprint density at radius 3 is 2.38 bits per heavy atom. The molecule has 0 spiro atoms. The third kappa shape index (κ3) is 3.64. The molecule has 1 aromatic heterocycles. The summed E-state index contributed by atoms with van der Waals surface area (Å²) in [6.45, 7) is 12.3. The van der Waals surface area contributed by atoms with Gasteiger partial charge in [-0.1, -0.05) is 0 Å². The van der Waals surface area contributed by atoms with E-state index >= 15 is 0 Å². The molecule has 2 aromatic rings. The van der Waals surface area contributed by atoms with Crippen molar-refractivity contribution in [3.05, 3.63) is 42.0 Å². The van der Waals surface area contributed by atoms with Gasteiger partial charge in [0.2, 0.25) is 0 Å². The summed E-state index contributed by atoms with van der Waals surface area (Å²) in [7, 11) is -0.682. The summed E-state index contributed by atoms with van der Waals surface area (Å²) in [5.41, 5.74) is 0.351. The fourth-order valence-corrected chi connectivity index (χ4v) is 2.70. The molecule has 0 saturated carbocycles. The predicted molar refractivity (Wildman–Crippen MR) is 99.1 cm³/mol. The van der Waals surface area contributed by atoms with E-state index < -0.39 is 18.3 Å². The van der Waals surface area contributed by atoms with Crippen LogP contribution in [0.15, 0.2) is 30.5 Å². The second kappa shape index (κ2) is 6.70. The van der Waals surface area contributed by atoms with E-state index in [1.54, 1.807) is 6.07 Å². The molecule has 3 rings (SSSR count). The Kier molecular flexibility index (Phi) is 4.88. The highest BCUT2D eigenvalue weighted by Crippen LogP contribution is 2.37. The number of rotatable bonds is 5. The highest BCUT2D eigenvalue weighted by atomic mass is 19.1. The molecule has 0 atom stereocenters. The first-order chi connectivity index (χ1) is 12.1. The minimum absolute atomic E-state index is 0.287. The van der Waals surface area contributed by atoms with E-state index in [1.807, 2.05) is 44.6 Å². The predicted octanol–water partition coefficient (Wildman–Crippen LogP) is 3.48. The molecule has 0 radical (unpaired) electrons. The van der Waals surface area contributed by atoms with Gasteiger partial charge in [-0.2, -0.15) is 5.10 Å². The van der Waals surface area contributed by atoms with Crippen molar-refractivity contribution in [1.82, 2.24) is 9.78 Å². The lowest BCUT2D eigenvalue weighted by atomic mass is 9.78. The molecule has 1 aromatic carbocycles. The molecule has 1 aliphatic heterocycles. The summed E-state index contributed by atoms with van der Waals surface area (Å²) in [6.07, 6.45) is 1.92. The van der Waals surface area contributed by atoms with Gasteiger partial charge in [0.15, 0.2) is 0 Å². The van der Waals surface area contributed by atoms with Crippen LogP contribution < -0.4 is 10.2 Å². The molecule has 26 heavy (non-hydrogen) atoms. The SMILES string of the molecule is CC(C)n1ccc(COc2ccc(F)cc2B2OC(C)(C)C(C)(C)O2)n1. The van der Waals surface area contributed by atoms with E-state index in [0.717, 1.165) is 5.69 Å². The summed E-state index contributed by atoms with van der Waals surface area (Å²) in [5.74, 6) is 0.176. The van der Waals surface area contributed by atoms with Crippen molar-refractivity contribution in [3.63, 3.8) is 0 Å². The molecule has 0 bridgehead atoms. The maximum Gasteiger partial charge on any atom is 0.498 e. The van der Waals surface area contributed by atoms with Gasteiger partial charge >= 0.3 is 7.12 Å². The van der Waals surface area contributed by atoms with Crippen LogP contribution in [0.25, 0.3) is 0 Å². The fraction of sp³-hybridized carbons (Fsp3) is 0.526. The molecule has 0 amide bonds. The molecular weight excluding hydrogens is 334 g/mol. The van der Waals surface area contributed by atoms with E-state index in [9.17, 15) is 4.39 Å². The highest BCUT2D eigenvalue weighted by molar-refractivity contribution is 6.63. The van der Waals surface area contributed by atoms with E-state index in [4.69, 9.17) is 14.0 Å². The van der Waals surface area contributed by atoms with Gasteiger partial charge in [-0.25, -0.2) is 4.39 Å². The maximum absolute atomic E-state index is 13.9. The largest absolute Gasteiger partial charge is 0.498 e. The van der Waals surface area contributed by atoms with Gasteiger partial charge in [0.05, 0.1) is 16.9 Å². The minimum Gasteiger partial charge on any atom is -0.488 e. The quantitative estimate of drug-likeness (QED) is 0.766. The fourth-order valence-electron chi connectivity index (χ4n) is 2.70. The van der Waals surface area contributed by atoms with Gasteiger partial charge in [-0.3, -0.25) is 4.68 Å². The molecule has 7 heteroatoms. The Morgan fingerprint density at radius 2 is 1.81 bits per heavy atom. The van der Waals surface area contributed by atoms with Gasteiger partial charge in [-0.05, 0) is 65.8 Å². The number of ether oxygens (including phenoxy) is 1. The smallest absolute Gasteiger partial charge is 0.488 e. The molecule has 1 fully saturated rings. The summed E-state index contributed by atoms with van der Waals surface area (Å²) < 4.78 is 33.7. The van der Waals surface area contributed by atoms with E-state index in [-0.39, 0.29) is 18.5 Å². The summed E-state index contributed by atoms with van der Waals surface area (Å²) >= 11 is 0. The molecule has 0 aliphatic carbocycles. The van der Waals surface area contributed by atoms with Gasteiger partial charge in [0.1, 0.15) is 18.2 Å². The van der Waals surface area contributed by atoms with Crippen molar-refractivity contribution in [2.45, 2.75) is 65.4 Å². The number of hydrogen-bond donors (Lipinski definition) is 0. The van der Waals surface area contributed by atoms with Crippen LogP contribution in [0.5, 0.6) is 5.75 Å². The summed E-state index contributed by atoms with van der Waals surface area (Å²) in [5, 5.41) is 4.47. The minimum atomic E-state index is -0.682. The summed E-state index contributed by atoms with van der Waals surface area (Å²) in [4.78, 5) is 0. The number of aromatic nitrogens is 2. The lowest BCUT2D eigenvalue weighted by Gasteiger charge is -2.32. The zero-order valence-corrected chi connectivity index (χ0v) is 16.2. The van der Waals surface area contributed by atoms with Crippen molar-refractivity contribution in [2.75, 3.05) is 0 Å². The molecule has 0 N–H and O–H groups in total. The van der Waals surface area contributed by atoms with E-state index in [2.05, 4.69) is 18.9 Å². The molecule has 140 valence electrons. The van der Waals surface area contributed by atoms with Crippen LogP contribution in [-0.2, 0) is 15.9 Å². The van der Waals surface area contributed by atoms with Crippen molar-refractivity contribution < 1.29 is 18.4 Å². The van der Waals surface area contributed by atoms with Crippen molar-refractivity contribution in [1.29, 1.82) is 0 Å². The molecule has 1 aliphatic rings. The third-order valence-corrected chi connectivity index (χ3v) is 5.05. The maximum atomic E-state index is 13.9. The summed E-state index contributed by atoms with van der Waals surface area (Å²) in [6, 6.07) is 6.59. The number of benzene rings is 1. The van der Waals surface area contributed by atoms with Gasteiger partial charge in [-0.15, -0.1) is 0 Å². The van der Waals surface area contributed by atoms with Crippen LogP contribution in [0.4, 0.5) is 4.39 Å². The molecular formula is C19H26BFN2O3. The van der Waals surface area contributed by atoms with Gasteiger partial charge in [0, 0.05) is 17.7 Å². The second-order valence-corrected chi connectivity index (χ2v) is 7.94. The van der Waals surface area contributed by atoms with Crippen LogP contribution in [-0.4, -0.2) is 28.1 Å². The lowest BCUT2D eigenvalue weighted by molar-refractivity contribution is 0.00578. The van der Waals surface area contributed by atoms with Crippen LogP contribution >= 0.6 is 0 Å². The Labute approximate surface area is 154 Å². The van der Waals surface area contributed by atoms with Gasteiger partial charge < -0.3 is 14.0 Å². The Balaban J connectivity index is 1.80. The molecule has 2 heterocycles. The van der Waals surface area contributed by atoms with Gasteiger partial charge in [0.25, 0.3) is 0 Å². The first-order valence-electron chi connectivity index (χ1n) is 8.91. The normalized spacial score (nSPS) is 18.5. The molecule has 0 unspecified atom stereocenters. The number of halogens is 1. The van der Waals surface area contributed by atoms with Crippen LogP contribution in [0.1, 0.15) is 53.3 Å². The van der Waals surface area contributed by atoms with E-state index in [0.29, 0.717) is 11.2 Å². The topological polar surface area (TPSA) is 45.5 Å². The Hall–Kier alpha value is -1.86. The third-order valence-electron chi connectivity index (χ3n) is 5.05. The Bertz CT molecular complexity index is 773. The lowest BCUT2D eigenvalue weighted by Crippen LogP contribution is -2.41. The molecule has 1 saturated heterocycles. The average molecular weight is 360 g/mol. The average Bonchev–Trinajstić information content (AvgIpc) is 3.09. The second-order valence-electron chi connectivity index (χ2n) is 7.94. The van der Waals surface area contributed by atoms with Crippen molar-refractivity contribution >= 4 is 12.6 Å². The molecule has 5 nitrogen and oxygen atoms in total.